The van der Waals surface area contributed by atoms with Gasteiger partial charge in [-0.2, -0.15) is 0 Å². The van der Waals surface area contributed by atoms with E-state index in [0.29, 0.717) is 16.8 Å². The van der Waals surface area contributed by atoms with Gasteiger partial charge in [0, 0.05) is 33.4 Å². The first-order chi connectivity index (χ1) is 17.4. The molecule has 4 N–H and O–H groups in total. The zero-order valence-electron chi connectivity index (χ0n) is 20.3. The summed E-state index contributed by atoms with van der Waals surface area (Å²) in [6.45, 7) is 5.00. The monoisotopic (exact) mass is 486 g/mol. The number of carbonyl (C=O) groups excluding carboxylic acids is 2. The summed E-state index contributed by atoms with van der Waals surface area (Å²) in [5.74, 6) is -1.87. The molecule has 1 unspecified atom stereocenters. The summed E-state index contributed by atoms with van der Waals surface area (Å²) in [7, 11) is 0. The molecule has 1 fully saturated rings. The first-order valence-electron chi connectivity index (χ1n) is 12.4. The maximum absolute atomic E-state index is 12.7. The summed E-state index contributed by atoms with van der Waals surface area (Å²) in [6.07, 6.45) is 6.65. The van der Waals surface area contributed by atoms with Crippen molar-refractivity contribution < 1.29 is 19.5 Å². The van der Waals surface area contributed by atoms with Crippen molar-refractivity contribution in [3.63, 3.8) is 0 Å². The number of anilines is 1. The van der Waals surface area contributed by atoms with Gasteiger partial charge in [-0.15, -0.1) is 0 Å². The van der Waals surface area contributed by atoms with Crippen molar-refractivity contribution in [3.8, 4) is 0 Å². The number of carbonyl (C=O) groups is 3. The van der Waals surface area contributed by atoms with E-state index in [1.54, 1.807) is 18.2 Å². The fraction of sp³-hybridized carbons (Fsp3) is 0.321. The van der Waals surface area contributed by atoms with Crippen molar-refractivity contribution >= 4 is 46.0 Å². The van der Waals surface area contributed by atoms with Crippen LogP contribution in [0, 0.1) is 0 Å². The molecule has 0 spiro atoms. The molecule has 1 aromatic heterocycles. The van der Waals surface area contributed by atoms with Gasteiger partial charge in [-0.1, -0.05) is 12.1 Å². The Morgan fingerprint density at radius 1 is 1.14 bits per heavy atom. The molecule has 2 aliphatic rings. The number of H-pyrrole nitrogens is 1. The zero-order valence-corrected chi connectivity index (χ0v) is 20.3. The number of benzene rings is 2. The maximum Gasteiger partial charge on any atom is 0.325 e. The molecule has 5 rings (SSSR count). The van der Waals surface area contributed by atoms with Gasteiger partial charge in [0.05, 0.1) is 5.57 Å². The van der Waals surface area contributed by atoms with Crippen molar-refractivity contribution in [1.82, 2.24) is 15.2 Å². The van der Waals surface area contributed by atoms with Crippen LogP contribution in [0.1, 0.15) is 53.4 Å². The quantitative estimate of drug-likeness (QED) is 0.361. The van der Waals surface area contributed by atoms with E-state index in [2.05, 4.69) is 38.7 Å². The van der Waals surface area contributed by atoms with Gasteiger partial charge in [0.1, 0.15) is 6.04 Å². The number of aromatic amines is 1. The predicted octanol–water partition coefficient (Wildman–Crippen LogP) is 3.89. The Balaban J connectivity index is 1.31. The first-order valence-corrected chi connectivity index (χ1v) is 12.4. The first kappa shape index (κ1) is 23.8. The van der Waals surface area contributed by atoms with Crippen LogP contribution in [-0.2, 0) is 16.0 Å². The third kappa shape index (κ3) is 5.04. The van der Waals surface area contributed by atoms with Crippen LogP contribution in [0.3, 0.4) is 0 Å². The molecule has 2 amide bonds. The maximum atomic E-state index is 12.7. The number of carboxylic acids is 1. The van der Waals surface area contributed by atoms with Crippen molar-refractivity contribution in [1.29, 1.82) is 0 Å². The average molecular weight is 487 g/mol. The number of rotatable bonds is 8. The number of fused-ring (bicyclic) bond motifs is 2. The average Bonchev–Trinajstić information content (AvgIpc) is 3.58. The van der Waals surface area contributed by atoms with Gasteiger partial charge in [0.25, 0.3) is 11.8 Å². The second-order valence-electron chi connectivity index (χ2n) is 9.60. The number of amides is 2. The highest BCUT2D eigenvalue weighted by atomic mass is 16.4. The molecular formula is C28H30N4O4. The van der Waals surface area contributed by atoms with E-state index in [9.17, 15) is 14.4 Å². The fourth-order valence-corrected chi connectivity index (χ4v) is 4.93. The number of hydrogen-bond acceptors (Lipinski definition) is 4. The summed E-state index contributed by atoms with van der Waals surface area (Å²) >= 11 is 0. The van der Waals surface area contributed by atoms with Crippen LogP contribution in [0.25, 0.3) is 22.6 Å². The van der Waals surface area contributed by atoms with Crippen LogP contribution in [0.2, 0.25) is 0 Å². The summed E-state index contributed by atoms with van der Waals surface area (Å²) in [5, 5.41) is 15.3. The molecule has 0 bridgehead atoms. The Kier molecular flexibility index (Phi) is 6.61. The van der Waals surface area contributed by atoms with Gasteiger partial charge in [0.2, 0.25) is 0 Å². The largest absolute Gasteiger partial charge is 0.480 e. The second-order valence-corrected chi connectivity index (χ2v) is 9.60. The SMILES string of the molecule is CC(NC(=O)c1ccc2c(c1)NC(=O)/C2=C\c1cc2cc(CCCN3CCCC3)ccc2[nH]1)C(=O)O. The van der Waals surface area contributed by atoms with Crippen LogP contribution in [-0.4, -0.2) is 58.5 Å². The number of aromatic nitrogens is 1. The molecule has 2 aromatic carbocycles. The van der Waals surface area contributed by atoms with E-state index < -0.39 is 17.9 Å². The molecule has 8 nitrogen and oxygen atoms in total. The lowest BCUT2D eigenvalue weighted by Crippen LogP contribution is -2.38. The van der Waals surface area contributed by atoms with Crippen LogP contribution in [0.5, 0.6) is 0 Å². The molecule has 1 saturated heterocycles. The molecule has 1 atom stereocenters. The molecule has 3 heterocycles. The number of carboxylic acid groups (broad SMARTS) is 1. The van der Waals surface area contributed by atoms with Gasteiger partial charge in [-0.25, -0.2) is 0 Å². The fourth-order valence-electron chi connectivity index (χ4n) is 4.93. The van der Waals surface area contributed by atoms with Gasteiger partial charge < -0.3 is 25.6 Å². The Hall–Kier alpha value is -3.91. The van der Waals surface area contributed by atoms with Crippen molar-refractivity contribution in [2.75, 3.05) is 25.0 Å². The predicted molar refractivity (Wildman–Crippen MR) is 140 cm³/mol. The third-order valence-corrected chi connectivity index (χ3v) is 6.93. The van der Waals surface area contributed by atoms with Crippen LogP contribution < -0.4 is 10.6 Å². The molecule has 0 aliphatic carbocycles. The smallest absolute Gasteiger partial charge is 0.325 e. The third-order valence-electron chi connectivity index (χ3n) is 6.93. The number of hydrogen-bond donors (Lipinski definition) is 4. The lowest BCUT2D eigenvalue weighted by molar-refractivity contribution is -0.138. The topological polar surface area (TPSA) is 115 Å². The van der Waals surface area contributed by atoms with Crippen LogP contribution >= 0.6 is 0 Å². The lowest BCUT2D eigenvalue weighted by atomic mass is 10.0. The highest BCUT2D eigenvalue weighted by molar-refractivity contribution is 6.35. The number of likely N-dealkylation sites (tertiary alicyclic amines) is 1. The Bertz CT molecular complexity index is 1370. The summed E-state index contributed by atoms with van der Waals surface area (Å²) in [5.41, 5.74) is 5.17. The van der Waals surface area contributed by atoms with Gasteiger partial charge in [-0.05, 0) is 94.2 Å². The minimum Gasteiger partial charge on any atom is -0.480 e. The highest BCUT2D eigenvalue weighted by Crippen LogP contribution is 2.34. The second kappa shape index (κ2) is 9.99. The Morgan fingerprint density at radius 2 is 1.94 bits per heavy atom. The van der Waals surface area contributed by atoms with Gasteiger partial charge in [0.15, 0.2) is 0 Å². The van der Waals surface area contributed by atoms with Crippen LogP contribution in [0.4, 0.5) is 5.69 Å². The molecule has 2 aliphatic heterocycles. The normalized spacial score (nSPS) is 17.4. The summed E-state index contributed by atoms with van der Waals surface area (Å²) in [6, 6.07) is 12.4. The van der Waals surface area contributed by atoms with Crippen molar-refractivity contribution in [2.45, 2.75) is 38.6 Å². The summed E-state index contributed by atoms with van der Waals surface area (Å²) < 4.78 is 0. The van der Waals surface area contributed by atoms with Crippen LogP contribution in [0.15, 0.2) is 42.5 Å². The van der Waals surface area contributed by atoms with Crippen molar-refractivity contribution in [2.24, 2.45) is 0 Å². The molecule has 8 heteroatoms. The van der Waals surface area contributed by atoms with E-state index in [1.807, 2.05) is 12.1 Å². The molecule has 186 valence electrons. The number of aryl methyl sites for hydroxylation is 1. The van der Waals surface area contributed by atoms with Gasteiger partial charge >= 0.3 is 5.97 Å². The molecule has 0 radical (unpaired) electrons. The Morgan fingerprint density at radius 3 is 2.72 bits per heavy atom. The van der Waals surface area contributed by atoms with Gasteiger partial charge in [-0.3, -0.25) is 14.4 Å². The number of aliphatic carboxylic acids is 1. The zero-order chi connectivity index (χ0) is 25.2. The minimum absolute atomic E-state index is 0.247. The molecule has 36 heavy (non-hydrogen) atoms. The van der Waals surface area contributed by atoms with E-state index in [4.69, 9.17) is 5.11 Å². The van der Waals surface area contributed by atoms with E-state index in [0.717, 1.165) is 36.0 Å². The minimum atomic E-state index is -1.12. The molecule has 0 saturated carbocycles. The standard InChI is InChI=1S/C28H30N4O4/c1-17(28(35)36)29-26(33)19-7-8-22-23(27(34)31-25(22)15-19)16-21-14-20-13-18(6-9-24(20)30-21)5-4-12-32-10-2-3-11-32/h6-9,13-17,30H,2-5,10-12H2,1H3,(H,29,33)(H,31,34)(H,35,36)/b23-16-. The highest BCUT2D eigenvalue weighted by Gasteiger charge is 2.26. The number of nitrogens with zero attached hydrogens (tertiary/aromatic N) is 1. The molecule has 3 aromatic rings. The van der Waals surface area contributed by atoms with E-state index in [1.165, 1.54) is 38.4 Å². The Labute approximate surface area is 209 Å². The van der Waals surface area contributed by atoms with E-state index >= 15 is 0 Å². The molecular weight excluding hydrogens is 456 g/mol. The number of nitrogens with one attached hydrogen (secondary N) is 3. The lowest BCUT2D eigenvalue weighted by Gasteiger charge is -2.13. The summed E-state index contributed by atoms with van der Waals surface area (Å²) in [4.78, 5) is 42.0. The van der Waals surface area contributed by atoms with Crippen molar-refractivity contribution in [3.05, 3.63) is 64.8 Å². The van der Waals surface area contributed by atoms with E-state index in [-0.39, 0.29) is 11.5 Å².